The topological polar surface area (TPSA) is 100 Å². The maximum Gasteiger partial charge on any atom is 0.159 e. The Hall–Kier alpha value is -4.45. The molecule has 2 heterocycles. The summed E-state index contributed by atoms with van der Waals surface area (Å²) in [4.78, 5) is 23.1. The summed E-state index contributed by atoms with van der Waals surface area (Å²) in [6, 6.07) is 14.5. The second-order valence-electron chi connectivity index (χ2n) is 8.90. The molecule has 0 aliphatic rings. The molecule has 0 radical (unpaired) electrons. The van der Waals surface area contributed by atoms with Gasteiger partial charge in [-0.3, -0.25) is 14.8 Å². The van der Waals surface area contributed by atoms with Crippen LogP contribution in [0.2, 0.25) is 5.02 Å². The molecule has 4 aromatic rings. The summed E-state index contributed by atoms with van der Waals surface area (Å²) in [6.07, 6.45) is 2.70. The number of likely N-dealkylation sites (N-methyl/N-ethyl adjacent to an activating group) is 1. The van der Waals surface area contributed by atoms with Crippen LogP contribution in [0, 0.1) is 11.3 Å². The Kier molecular flexibility index (Phi) is 7.95. The summed E-state index contributed by atoms with van der Waals surface area (Å²) < 4.78 is 44.2. The smallest absolute Gasteiger partial charge is 0.159 e. The average molecular weight is 560 g/mol. The van der Waals surface area contributed by atoms with E-state index in [2.05, 4.69) is 21.4 Å². The summed E-state index contributed by atoms with van der Waals surface area (Å²) >= 11 is 6.48. The maximum atomic E-state index is 13.0. The van der Waals surface area contributed by atoms with Crippen LogP contribution >= 0.6 is 11.6 Å². The van der Waals surface area contributed by atoms with Gasteiger partial charge in [0.15, 0.2) is 5.78 Å². The van der Waals surface area contributed by atoms with Gasteiger partial charge >= 0.3 is 0 Å². The number of allylic oxidation sites excluding steroid dienone is 1. The van der Waals surface area contributed by atoms with Crippen molar-refractivity contribution in [3.63, 3.8) is 0 Å². The van der Waals surface area contributed by atoms with Gasteiger partial charge in [0, 0.05) is 48.1 Å². The summed E-state index contributed by atoms with van der Waals surface area (Å²) in [6.45, 7) is 0.0582. The number of aromatic nitrogens is 2. The molecule has 8 nitrogen and oxygen atoms in total. The summed E-state index contributed by atoms with van der Waals surface area (Å²) in [5.74, 6) is -0.0310. The van der Waals surface area contributed by atoms with Crippen molar-refractivity contribution in [2.75, 3.05) is 32.6 Å². The van der Waals surface area contributed by atoms with Crippen molar-refractivity contribution in [1.82, 2.24) is 14.9 Å². The van der Waals surface area contributed by atoms with Crippen LogP contribution in [-0.4, -0.2) is 47.9 Å². The molecule has 204 valence electrons. The molecule has 0 aliphatic carbocycles. The van der Waals surface area contributed by atoms with Crippen molar-refractivity contribution in [3.05, 3.63) is 94.9 Å². The molecule has 9 heteroatoms. The zero-order valence-corrected chi connectivity index (χ0v) is 23.0. The Morgan fingerprint density at radius 3 is 2.75 bits per heavy atom. The van der Waals surface area contributed by atoms with Gasteiger partial charge in [-0.1, -0.05) is 23.7 Å². The third-order valence-corrected chi connectivity index (χ3v) is 5.87. The first kappa shape index (κ1) is 23.4. The number of benzene rings is 2. The standard InChI is InChI=1S/C31H30ClN5O3/c1-4-39-30-17-28-26(15-21(30)14-25(38)9-7-13-37(2)3)31(22(18-33)19-35-28)36-23-10-11-29(27(32)16-23)40-20-24-8-5-6-12-34-24/h5-12,15-17,19H,4,13-14,20H2,1-3H3,(H,35,36)/b9-7+/i7D,9D,20D2. The van der Waals surface area contributed by atoms with Crippen molar-refractivity contribution >= 4 is 39.7 Å². The first-order valence-electron chi connectivity index (χ1n) is 14.4. The second kappa shape index (κ2) is 13.6. The molecule has 0 saturated carbocycles. The molecule has 0 atom stereocenters. The number of hydrogen-bond acceptors (Lipinski definition) is 8. The number of halogens is 1. The van der Waals surface area contributed by atoms with E-state index in [1.165, 1.54) is 30.6 Å². The summed E-state index contributed by atoms with van der Waals surface area (Å²) in [5, 5.41) is 13.7. The van der Waals surface area contributed by atoms with Gasteiger partial charge in [0.1, 0.15) is 24.1 Å². The zero-order chi connectivity index (χ0) is 32.0. The van der Waals surface area contributed by atoms with E-state index in [9.17, 15) is 10.1 Å². The zero-order valence-electron chi connectivity index (χ0n) is 26.3. The quantitative estimate of drug-likeness (QED) is 0.208. The molecule has 2 aromatic carbocycles. The van der Waals surface area contributed by atoms with Crippen molar-refractivity contribution < 1.29 is 19.8 Å². The number of hydrogen-bond donors (Lipinski definition) is 1. The van der Waals surface area contributed by atoms with Crippen molar-refractivity contribution in [3.8, 4) is 17.6 Å². The first-order valence-corrected chi connectivity index (χ1v) is 12.8. The number of ketones is 1. The highest BCUT2D eigenvalue weighted by atomic mass is 35.5. The number of nitrogens with zero attached hydrogens (tertiary/aromatic N) is 4. The van der Waals surface area contributed by atoms with E-state index in [0.29, 0.717) is 40.2 Å². The van der Waals surface area contributed by atoms with Gasteiger partial charge in [0.2, 0.25) is 0 Å². The minimum atomic E-state index is -2.23. The van der Waals surface area contributed by atoms with Gasteiger partial charge < -0.3 is 19.7 Å². The number of carbonyl (C=O) groups is 1. The molecular formula is C31H30ClN5O3. The fourth-order valence-electron chi connectivity index (χ4n) is 3.76. The van der Waals surface area contributed by atoms with Crippen LogP contribution in [0.15, 0.2) is 73.0 Å². The van der Waals surface area contributed by atoms with E-state index in [-0.39, 0.29) is 47.1 Å². The minimum Gasteiger partial charge on any atom is -0.494 e. The normalized spacial score (nSPS) is 13.4. The number of nitrogens with one attached hydrogen (secondary N) is 1. The van der Waals surface area contributed by atoms with E-state index < -0.39 is 12.3 Å². The van der Waals surface area contributed by atoms with Crippen molar-refractivity contribution in [2.45, 2.75) is 19.9 Å². The number of anilines is 2. The molecule has 2 aromatic heterocycles. The molecule has 0 bridgehead atoms. The van der Waals surface area contributed by atoms with Crippen LogP contribution in [0.5, 0.6) is 11.5 Å². The average Bonchev–Trinajstić information content (AvgIpc) is 2.99. The Morgan fingerprint density at radius 1 is 1.20 bits per heavy atom. The van der Waals surface area contributed by atoms with E-state index in [4.69, 9.17) is 26.6 Å². The van der Waals surface area contributed by atoms with Gasteiger partial charge in [0.25, 0.3) is 0 Å². The lowest BCUT2D eigenvalue weighted by molar-refractivity contribution is -0.114. The van der Waals surface area contributed by atoms with Crippen LogP contribution in [0.25, 0.3) is 10.9 Å². The number of ether oxygens (including phenoxy) is 2. The molecule has 0 unspecified atom stereocenters. The van der Waals surface area contributed by atoms with Crippen LogP contribution in [0.3, 0.4) is 0 Å². The lowest BCUT2D eigenvalue weighted by atomic mass is 10.0. The summed E-state index contributed by atoms with van der Waals surface area (Å²) in [5.41, 5.74) is 2.17. The van der Waals surface area contributed by atoms with Gasteiger partial charge in [-0.25, -0.2) is 0 Å². The van der Waals surface area contributed by atoms with Gasteiger partial charge in [0.05, 0.1) is 39.6 Å². The highest BCUT2D eigenvalue weighted by molar-refractivity contribution is 6.32. The fourth-order valence-corrected chi connectivity index (χ4v) is 3.98. The first-order chi connectivity index (χ1) is 20.9. The maximum absolute atomic E-state index is 13.0. The molecular weight excluding hydrogens is 526 g/mol. The highest BCUT2D eigenvalue weighted by Gasteiger charge is 2.16. The lowest BCUT2D eigenvalue weighted by Crippen LogP contribution is -2.11. The number of fused-ring (bicyclic) bond motifs is 1. The van der Waals surface area contributed by atoms with E-state index in [1.54, 1.807) is 49.3 Å². The predicted molar refractivity (Wildman–Crippen MR) is 157 cm³/mol. The van der Waals surface area contributed by atoms with Crippen LogP contribution in [0.1, 0.15) is 29.2 Å². The largest absolute Gasteiger partial charge is 0.494 e. The fraction of sp³-hybridized carbons (Fsp3) is 0.226. The third kappa shape index (κ3) is 7.35. The highest BCUT2D eigenvalue weighted by Crippen LogP contribution is 2.36. The molecule has 0 fully saturated rings. The lowest BCUT2D eigenvalue weighted by Gasteiger charge is -2.16. The molecule has 0 aliphatic heterocycles. The molecule has 0 spiro atoms. The van der Waals surface area contributed by atoms with E-state index in [0.717, 1.165) is 0 Å². The van der Waals surface area contributed by atoms with Gasteiger partial charge in [-0.05, 0) is 63.5 Å². The number of nitriles is 1. The Balaban J connectivity index is 1.70. The molecule has 40 heavy (non-hydrogen) atoms. The summed E-state index contributed by atoms with van der Waals surface area (Å²) in [7, 11) is 3.51. The SMILES string of the molecule is [2H]/C(CN(C)C)=C(/[2H])C(=O)Cc1cc2c(Nc3ccc(OC([2H])([2H])c4ccccn4)c(Cl)c3)c(C#N)cnc2cc1OCC. The monoisotopic (exact) mass is 559 g/mol. The Bertz CT molecular complexity index is 1760. The van der Waals surface area contributed by atoms with Gasteiger partial charge in [-0.2, -0.15) is 5.26 Å². The predicted octanol–water partition coefficient (Wildman–Crippen LogP) is 6.11. The van der Waals surface area contributed by atoms with E-state index in [1.807, 2.05) is 6.92 Å². The van der Waals surface area contributed by atoms with Crippen molar-refractivity contribution in [1.29, 1.82) is 5.26 Å². The molecule has 0 amide bonds. The number of carbonyl (C=O) groups excluding carboxylic acids is 1. The van der Waals surface area contributed by atoms with Crippen molar-refractivity contribution in [2.24, 2.45) is 0 Å². The molecule has 0 saturated heterocycles. The van der Waals surface area contributed by atoms with Crippen LogP contribution < -0.4 is 14.8 Å². The minimum absolute atomic E-state index is 0.0885. The number of pyridine rings is 2. The van der Waals surface area contributed by atoms with Gasteiger partial charge in [-0.15, -0.1) is 0 Å². The molecule has 1 N–H and O–H groups in total. The second-order valence-corrected chi connectivity index (χ2v) is 9.30. The third-order valence-electron chi connectivity index (χ3n) is 5.58. The van der Waals surface area contributed by atoms with Crippen LogP contribution in [0.4, 0.5) is 11.4 Å². The number of rotatable bonds is 12. The Labute approximate surface area is 244 Å². The Morgan fingerprint density at radius 2 is 2.05 bits per heavy atom. The molecule has 4 rings (SSSR count). The van der Waals surface area contributed by atoms with E-state index >= 15 is 0 Å². The van der Waals surface area contributed by atoms with Crippen LogP contribution in [-0.2, 0) is 17.8 Å².